The van der Waals surface area contributed by atoms with Crippen molar-refractivity contribution in [3.63, 3.8) is 0 Å². The summed E-state index contributed by atoms with van der Waals surface area (Å²) in [6.45, 7) is 1.91. The van der Waals surface area contributed by atoms with Crippen LogP contribution >= 0.6 is 0 Å². The topological polar surface area (TPSA) is 71.2 Å². The average molecular weight is 259 g/mol. The van der Waals surface area contributed by atoms with Crippen molar-refractivity contribution in [2.24, 2.45) is 0 Å². The fourth-order valence-electron chi connectivity index (χ4n) is 2.73. The number of aryl methyl sites for hydroxylation is 1. The maximum Gasteiger partial charge on any atom is 0.179 e. The fourth-order valence-corrected chi connectivity index (χ4v) is 2.73. The van der Waals surface area contributed by atoms with Gasteiger partial charge >= 0.3 is 0 Å². The summed E-state index contributed by atoms with van der Waals surface area (Å²) in [4.78, 5) is 4.74. The molecule has 0 saturated heterocycles. The molecule has 0 bridgehead atoms. The third-order valence-electron chi connectivity index (χ3n) is 4.05. The molecule has 0 amide bonds. The van der Waals surface area contributed by atoms with Crippen LogP contribution in [0.1, 0.15) is 60.9 Å². The molecule has 4 rings (SSSR count). The molecule has 2 N–H and O–H groups in total. The van der Waals surface area contributed by atoms with Gasteiger partial charge in [-0.2, -0.15) is 5.10 Å². The third kappa shape index (κ3) is 1.76. The summed E-state index contributed by atoms with van der Waals surface area (Å²) < 4.78 is 1.97. The molecule has 2 aliphatic rings. The maximum absolute atomic E-state index is 9.63. The Morgan fingerprint density at radius 3 is 2.58 bits per heavy atom. The Balaban J connectivity index is 2.00. The molecule has 2 saturated carbocycles. The predicted octanol–water partition coefficient (Wildman–Crippen LogP) is 1.94. The van der Waals surface area contributed by atoms with Crippen LogP contribution in [0, 0.1) is 6.92 Å². The van der Waals surface area contributed by atoms with Gasteiger partial charge in [0.25, 0.3) is 0 Å². The van der Waals surface area contributed by atoms with E-state index in [-0.39, 0.29) is 0 Å². The van der Waals surface area contributed by atoms with Gasteiger partial charge in [0.15, 0.2) is 11.9 Å². The van der Waals surface area contributed by atoms with Crippen molar-refractivity contribution in [3.05, 3.63) is 23.0 Å². The van der Waals surface area contributed by atoms with E-state index in [1.54, 1.807) is 0 Å². The molecule has 2 aromatic heterocycles. The van der Waals surface area contributed by atoms with Crippen molar-refractivity contribution in [2.75, 3.05) is 0 Å². The van der Waals surface area contributed by atoms with Gasteiger partial charge < -0.3 is 10.2 Å². The van der Waals surface area contributed by atoms with Crippen LogP contribution in [-0.2, 0) is 0 Å². The second-order valence-electron chi connectivity index (χ2n) is 5.74. The van der Waals surface area contributed by atoms with Crippen LogP contribution in [-0.4, -0.2) is 25.0 Å². The van der Waals surface area contributed by atoms with Crippen molar-refractivity contribution in [2.45, 2.75) is 50.9 Å². The van der Waals surface area contributed by atoms with Crippen LogP contribution in [0.5, 0.6) is 0 Å². The van der Waals surface area contributed by atoms with E-state index < -0.39 is 6.29 Å². The first-order valence-electron chi connectivity index (χ1n) is 6.91. The lowest BCUT2D eigenvalue weighted by Crippen LogP contribution is -2.03. The molecule has 100 valence electrons. The first kappa shape index (κ1) is 11.4. The Morgan fingerprint density at radius 1 is 1.26 bits per heavy atom. The lowest BCUT2D eigenvalue weighted by molar-refractivity contribution is -0.0414. The van der Waals surface area contributed by atoms with E-state index in [9.17, 15) is 10.2 Å². The van der Waals surface area contributed by atoms with Crippen molar-refractivity contribution >= 4 is 11.0 Å². The molecule has 0 aromatic carbocycles. The predicted molar refractivity (Wildman–Crippen MR) is 69.7 cm³/mol. The minimum absolute atomic E-state index is 0.446. The number of pyridine rings is 1. The molecular weight excluding hydrogens is 242 g/mol. The van der Waals surface area contributed by atoms with Gasteiger partial charge in [0.05, 0.1) is 17.1 Å². The standard InChI is InChI=1S/C14H17N3O2/c1-7-12-10(14(18)19)6-11(8-2-3-8)15-13(12)17(16-7)9-4-5-9/h6,8-9,14,18-19H,2-5H2,1H3. The average Bonchev–Trinajstić information content (AvgIpc) is 3.26. The van der Waals surface area contributed by atoms with Gasteiger partial charge in [0.1, 0.15) is 0 Å². The van der Waals surface area contributed by atoms with Crippen molar-refractivity contribution in [1.82, 2.24) is 14.8 Å². The van der Waals surface area contributed by atoms with Gasteiger partial charge in [-0.25, -0.2) is 9.67 Å². The van der Waals surface area contributed by atoms with Gasteiger partial charge in [0, 0.05) is 17.2 Å². The smallest absolute Gasteiger partial charge is 0.179 e. The van der Waals surface area contributed by atoms with E-state index in [4.69, 9.17) is 4.98 Å². The molecule has 19 heavy (non-hydrogen) atoms. The minimum Gasteiger partial charge on any atom is -0.364 e. The Labute approximate surface area is 110 Å². The quantitative estimate of drug-likeness (QED) is 0.826. The molecule has 0 unspecified atom stereocenters. The molecule has 2 aromatic rings. The number of rotatable bonds is 3. The summed E-state index contributed by atoms with van der Waals surface area (Å²) in [5.74, 6) is 0.491. The largest absolute Gasteiger partial charge is 0.364 e. The Hall–Kier alpha value is -1.46. The highest BCUT2D eigenvalue weighted by molar-refractivity contribution is 5.83. The molecule has 2 fully saturated rings. The first-order valence-corrected chi connectivity index (χ1v) is 6.91. The molecule has 2 aliphatic carbocycles. The molecule has 0 atom stereocenters. The normalized spacial score (nSPS) is 19.6. The van der Waals surface area contributed by atoms with E-state index in [1.807, 2.05) is 17.7 Å². The van der Waals surface area contributed by atoms with E-state index in [1.165, 1.54) is 0 Å². The molecule has 5 nitrogen and oxygen atoms in total. The van der Waals surface area contributed by atoms with E-state index in [0.717, 1.165) is 48.1 Å². The third-order valence-corrected chi connectivity index (χ3v) is 4.05. The summed E-state index contributed by atoms with van der Waals surface area (Å²) >= 11 is 0. The monoisotopic (exact) mass is 259 g/mol. The van der Waals surface area contributed by atoms with Crippen LogP contribution in [0.2, 0.25) is 0 Å². The molecule has 0 radical (unpaired) electrons. The zero-order valence-electron chi connectivity index (χ0n) is 10.9. The van der Waals surface area contributed by atoms with Gasteiger partial charge in [-0.15, -0.1) is 0 Å². The number of aliphatic hydroxyl groups is 2. The number of hydrogen-bond acceptors (Lipinski definition) is 4. The number of aliphatic hydroxyl groups excluding tert-OH is 1. The minimum atomic E-state index is -1.46. The molecule has 0 aliphatic heterocycles. The van der Waals surface area contributed by atoms with Gasteiger partial charge in [-0.3, -0.25) is 0 Å². The van der Waals surface area contributed by atoms with Crippen LogP contribution in [0.3, 0.4) is 0 Å². The van der Waals surface area contributed by atoms with E-state index in [2.05, 4.69) is 5.10 Å². The van der Waals surface area contributed by atoms with Gasteiger partial charge in [-0.1, -0.05) is 0 Å². The van der Waals surface area contributed by atoms with Crippen LogP contribution in [0.4, 0.5) is 0 Å². The van der Waals surface area contributed by atoms with E-state index >= 15 is 0 Å². The van der Waals surface area contributed by atoms with Gasteiger partial charge in [0.2, 0.25) is 0 Å². The van der Waals surface area contributed by atoms with Crippen LogP contribution in [0.15, 0.2) is 6.07 Å². The highest BCUT2D eigenvalue weighted by Gasteiger charge is 2.31. The highest BCUT2D eigenvalue weighted by atomic mass is 16.5. The fraction of sp³-hybridized carbons (Fsp3) is 0.571. The van der Waals surface area contributed by atoms with Crippen molar-refractivity contribution in [3.8, 4) is 0 Å². The second-order valence-corrected chi connectivity index (χ2v) is 5.74. The summed E-state index contributed by atoms with van der Waals surface area (Å²) in [7, 11) is 0. The Bertz CT molecular complexity index is 654. The molecular formula is C14H17N3O2. The van der Waals surface area contributed by atoms with Crippen molar-refractivity contribution < 1.29 is 10.2 Å². The highest BCUT2D eigenvalue weighted by Crippen LogP contribution is 2.43. The van der Waals surface area contributed by atoms with Gasteiger partial charge in [-0.05, 0) is 38.7 Å². The molecule has 5 heteroatoms. The summed E-state index contributed by atoms with van der Waals surface area (Å²) in [6, 6.07) is 2.29. The van der Waals surface area contributed by atoms with Crippen LogP contribution in [0.25, 0.3) is 11.0 Å². The molecule has 2 heterocycles. The van der Waals surface area contributed by atoms with E-state index in [0.29, 0.717) is 17.5 Å². The zero-order valence-corrected chi connectivity index (χ0v) is 10.9. The number of nitrogens with zero attached hydrogens (tertiary/aromatic N) is 3. The summed E-state index contributed by atoms with van der Waals surface area (Å²) in [5.41, 5.74) is 3.20. The lowest BCUT2D eigenvalue weighted by atomic mass is 10.1. The lowest BCUT2D eigenvalue weighted by Gasteiger charge is -2.09. The van der Waals surface area contributed by atoms with Crippen molar-refractivity contribution in [1.29, 1.82) is 0 Å². The second kappa shape index (κ2) is 3.77. The SMILES string of the molecule is Cc1nn(C2CC2)c2nc(C3CC3)cc(C(O)O)c12. The summed E-state index contributed by atoms with van der Waals surface area (Å²) in [6.07, 6.45) is 3.12. The zero-order chi connectivity index (χ0) is 13.1. The number of aromatic nitrogens is 3. The maximum atomic E-state index is 9.63. The Morgan fingerprint density at radius 2 is 2.00 bits per heavy atom. The van der Waals surface area contributed by atoms with Crippen LogP contribution < -0.4 is 0 Å². The first-order chi connectivity index (χ1) is 9.15. The Kier molecular flexibility index (Phi) is 2.26. The number of hydrogen-bond donors (Lipinski definition) is 2. The number of fused-ring (bicyclic) bond motifs is 1. The summed E-state index contributed by atoms with van der Waals surface area (Å²) in [5, 5.41) is 24.6. The molecule has 0 spiro atoms.